The third-order valence-corrected chi connectivity index (χ3v) is 3.73. The number of rotatable bonds is 6. The van der Waals surface area contributed by atoms with Crippen molar-refractivity contribution in [2.24, 2.45) is 0 Å². The number of nitrogens with one attached hydrogen (secondary N) is 1. The summed E-state index contributed by atoms with van der Waals surface area (Å²) in [6.07, 6.45) is 1.09. The van der Waals surface area contributed by atoms with E-state index in [1.165, 1.54) is 12.6 Å². The summed E-state index contributed by atoms with van der Waals surface area (Å²) in [4.78, 5) is 16.0. The molecule has 1 amide bonds. The predicted octanol–water partition coefficient (Wildman–Crippen LogP) is 1.80. The average molecular weight is 291 g/mol. The minimum absolute atomic E-state index is 0.0323. The molecule has 0 aromatic heterocycles. The molecule has 1 saturated heterocycles. The van der Waals surface area contributed by atoms with Crippen LogP contribution < -0.4 is 10.2 Å². The molecular formula is C16H25N3O2. The number of carbonyl (C=O) groups is 1. The van der Waals surface area contributed by atoms with Crippen LogP contribution in [0.3, 0.4) is 0 Å². The first-order valence-corrected chi connectivity index (χ1v) is 7.53. The SMILES string of the molecule is COCCCN1CCN(c2cccc(NC(C)=O)c2)CC1. The van der Waals surface area contributed by atoms with Crippen LogP contribution in [0.15, 0.2) is 24.3 Å². The maximum absolute atomic E-state index is 11.1. The summed E-state index contributed by atoms with van der Waals surface area (Å²) >= 11 is 0. The average Bonchev–Trinajstić information content (AvgIpc) is 2.48. The van der Waals surface area contributed by atoms with Crippen molar-refractivity contribution in [3.05, 3.63) is 24.3 Å². The molecule has 0 saturated carbocycles. The number of hydrogen-bond donors (Lipinski definition) is 1. The van der Waals surface area contributed by atoms with Crippen LogP contribution in [0.1, 0.15) is 13.3 Å². The smallest absolute Gasteiger partial charge is 0.221 e. The fourth-order valence-corrected chi connectivity index (χ4v) is 2.65. The highest BCUT2D eigenvalue weighted by Gasteiger charge is 2.16. The number of methoxy groups -OCH3 is 1. The van der Waals surface area contributed by atoms with Gasteiger partial charge in [0.1, 0.15) is 0 Å². The lowest BCUT2D eigenvalue weighted by Crippen LogP contribution is -2.46. The Bertz CT molecular complexity index is 457. The third kappa shape index (κ3) is 5.02. The van der Waals surface area contributed by atoms with Crippen LogP contribution in [0.25, 0.3) is 0 Å². The van der Waals surface area contributed by atoms with Gasteiger partial charge < -0.3 is 15.0 Å². The molecule has 1 N–H and O–H groups in total. The highest BCUT2D eigenvalue weighted by Crippen LogP contribution is 2.21. The lowest BCUT2D eigenvalue weighted by molar-refractivity contribution is -0.114. The van der Waals surface area contributed by atoms with Gasteiger partial charge in [-0.3, -0.25) is 9.69 Å². The lowest BCUT2D eigenvalue weighted by Gasteiger charge is -2.36. The number of benzene rings is 1. The number of hydrogen-bond acceptors (Lipinski definition) is 4. The minimum Gasteiger partial charge on any atom is -0.385 e. The Kier molecular flexibility index (Phi) is 6.02. The summed E-state index contributed by atoms with van der Waals surface area (Å²) in [5.41, 5.74) is 2.04. The summed E-state index contributed by atoms with van der Waals surface area (Å²) in [5.74, 6) is -0.0323. The molecule has 0 aliphatic carbocycles. The van der Waals surface area contributed by atoms with E-state index in [2.05, 4.69) is 21.2 Å². The number of nitrogens with zero attached hydrogens (tertiary/aromatic N) is 2. The molecule has 1 fully saturated rings. The molecule has 0 unspecified atom stereocenters. The minimum atomic E-state index is -0.0323. The topological polar surface area (TPSA) is 44.8 Å². The first-order chi connectivity index (χ1) is 10.2. The van der Waals surface area contributed by atoms with Gasteiger partial charge in [-0.25, -0.2) is 0 Å². The van der Waals surface area contributed by atoms with Crippen LogP contribution in [-0.2, 0) is 9.53 Å². The van der Waals surface area contributed by atoms with E-state index in [9.17, 15) is 4.79 Å². The zero-order valence-corrected chi connectivity index (χ0v) is 13.0. The van der Waals surface area contributed by atoms with Crippen molar-refractivity contribution in [3.63, 3.8) is 0 Å². The molecule has 21 heavy (non-hydrogen) atoms. The van der Waals surface area contributed by atoms with Crippen molar-refractivity contribution >= 4 is 17.3 Å². The highest BCUT2D eigenvalue weighted by molar-refractivity contribution is 5.89. The van der Waals surface area contributed by atoms with E-state index < -0.39 is 0 Å². The molecule has 1 heterocycles. The third-order valence-electron chi connectivity index (χ3n) is 3.73. The highest BCUT2D eigenvalue weighted by atomic mass is 16.5. The van der Waals surface area contributed by atoms with Crippen molar-refractivity contribution in [2.45, 2.75) is 13.3 Å². The van der Waals surface area contributed by atoms with Crippen LogP contribution >= 0.6 is 0 Å². The summed E-state index contributed by atoms with van der Waals surface area (Å²) in [7, 11) is 1.75. The fraction of sp³-hybridized carbons (Fsp3) is 0.562. The van der Waals surface area contributed by atoms with Crippen molar-refractivity contribution in [2.75, 3.05) is 56.7 Å². The second-order valence-electron chi connectivity index (χ2n) is 5.41. The van der Waals surface area contributed by atoms with Gasteiger partial charge in [-0.05, 0) is 24.6 Å². The standard InChI is InChI=1S/C16H25N3O2/c1-14(20)17-15-5-3-6-16(13-15)19-10-8-18(9-11-19)7-4-12-21-2/h3,5-6,13H,4,7-12H2,1-2H3,(H,17,20). The zero-order valence-electron chi connectivity index (χ0n) is 13.0. The maximum Gasteiger partial charge on any atom is 0.221 e. The number of piperazine rings is 1. The van der Waals surface area contributed by atoms with Crippen LogP contribution in [-0.4, -0.2) is 57.2 Å². The van der Waals surface area contributed by atoms with E-state index in [4.69, 9.17) is 4.74 Å². The van der Waals surface area contributed by atoms with Gasteiger partial charge in [0.25, 0.3) is 0 Å². The summed E-state index contributed by atoms with van der Waals surface area (Å²) < 4.78 is 5.10. The van der Waals surface area contributed by atoms with E-state index in [0.717, 1.165) is 51.4 Å². The van der Waals surface area contributed by atoms with Gasteiger partial charge >= 0.3 is 0 Å². The zero-order chi connectivity index (χ0) is 15.1. The molecule has 5 nitrogen and oxygen atoms in total. The Labute approximate surface area is 126 Å². The van der Waals surface area contributed by atoms with Gasteiger partial charge in [0.2, 0.25) is 5.91 Å². The number of ether oxygens (including phenoxy) is 1. The van der Waals surface area contributed by atoms with E-state index >= 15 is 0 Å². The van der Waals surface area contributed by atoms with E-state index in [1.54, 1.807) is 7.11 Å². The van der Waals surface area contributed by atoms with Gasteiger partial charge in [0.15, 0.2) is 0 Å². The second-order valence-corrected chi connectivity index (χ2v) is 5.41. The molecule has 1 aliphatic heterocycles. The molecule has 1 aromatic rings. The van der Waals surface area contributed by atoms with Crippen LogP contribution in [0.5, 0.6) is 0 Å². The summed E-state index contributed by atoms with van der Waals surface area (Å²) in [5, 5.41) is 2.84. The molecule has 5 heteroatoms. The Morgan fingerprint density at radius 2 is 2.05 bits per heavy atom. The van der Waals surface area contributed by atoms with E-state index in [0.29, 0.717) is 0 Å². The molecule has 0 radical (unpaired) electrons. The molecular weight excluding hydrogens is 266 g/mol. The van der Waals surface area contributed by atoms with Gasteiger partial charge in [-0.2, -0.15) is 0 Å². The van der Waals surface area contributed by atoms with Crippen LogP contribution in [0.4, 0.5) is 11.4 Å². The Morgan fingerprint density at radius 3 is 2.71 bits per heavy atom. The van der Waals surface area contributed by atoms with Gasteiger partial charge in [-0.1, -0.05) is 6.07 Å². The van der Waals surface area contributed by atoms with Crippen molar-refractivity contribution in [1.82, 2.24) is 4.90 Å². The Hall–Kier alpha value is -1.59. The molecule has 0 atom stereocenters. The molecule has 2 rings (SSSR count). The Morgan fingerprint density at radius 1 is 1.29 bits per heavy atom. The van der Waals surface area contributed by atoms with Crippen molar-refractivity contribution in [3.8, 4) is 0 Å². The molecule has 116 valence electrons. The molecule has 0 spiro atoms. The van der Waals surface area contributed by atoms with Crippen LogP contribution in [0, 0.1) is 0 Å². The first-order valence-electron chi connectivity index (χ1n) is 7.53. The van der Waals surface area contributed by atoms with E-state index in [-0.39, 0.29) is 5.91 Å². The van der Waals surface area contributed by atoms with E-state index in [1.807, 2.05) is 18.2 Å². The largest absolute Gasteiger partial charge is 0.385 e. The molecule has 1 aromatic carbocycles. The van der Waals surface area contributed by atoms with Gasteiger partial charge in [-0.15, -0.1) is 0 Å². The summed E-state index contributed by atoms with van der Waals surface area (Å²) in [6.45, 7) is 7.67. The fourth-order valence-electron chi connectivity index (χ4n) is 2.65. The maximum atomic E-state index is 11.1. The first kappa shape index (κ1) is 15.8. The summed E-state index contributed by atoms with van der Waals surface area (Å²) in [6, 6.07) is 8.06. The predicted molar refractivity (Wildman–Crippen MR) is 85.9 cm³/mol. The lowest BCUT2D eigenvalue weighted by atomic mass is 10.2. The second kappa shape index (κ2) is 8.00. The van der Waals surface area contributed by atoms with Crippen LogP contribution in [0.2, 0.25) is 0 Å². The van der Waals surface area contributed by atoms with Crippen molar-refractivity contribution < 1.29 is 9.53 Å². The number of amides is 1. The number of carbonyl (C=O) groups excluding carboxylic acids is 1. The van der Waals surface area contributed by atoms with Gasteiger partial charge in [0, 0.05) is 64.7 Å². The molecule has 0 bridgehead atoms. The normalized spacial score (nSPS) is 16.0. The van der Waals surface area contributed by atoms with Gasteiger partial charge in [0.05, 0.1) is 0 Å². The van der Waals surface area contributed by atoms with Crippen molar-refractivity contribution in [1.29, 1.82) is 0 Å². The quantitative estimate of drug-likeness (QED) is 0.812. The molecule has 1 aliphatic rings. The number of anilines is 2. The Balaban J connectivity index is 1.85. The monoisotopic (exact) mass is 291 g/mol.